The number of nitrogens with one attached hydrogen (secondary N) is 1. The van der Waals surface area contributed by atoms with E-state index in [-0.39, 0.29) is 24.8 Å². The second-order valence-electron chi connectivity index (χ2n) is 5.18. The molecule has 1 saturated heterocycles. The van der Waals surface area contributed by atoms with E-state index in [4.69, 9.17) is 0 Å². The van der Waals surface area contributed by atoms with Crippen LogP contribution in [-0.4, -0.2) is 43.2 Å². The monoisotopic (exact) mass is 280 g/mol. The second kappa shape index (κ2) is 7.72. The molecule has 1 aliphatic heterocycles. The van der Waals surface area contributed by atoms with Gasteiger partial charge in [0.15, 0.2) is 0 Å². The molecule has 0 unspecified atom stereocenters. The van der Waals surface area contributed by atoms with Crippen molar-refractivity contribution in [3.05, 3.63) is 0 Å². The molecule has 1 rings (SSSR count). The van der Waals surface area contributed by atoms with Crippen molar-refractivity contribution >= 4 is 5.91 Å². The van der Waals surface area contributed by atoms with Gasteiger partial charge in [0.05, 0.1) is 0 Å². The first-order valence-electron chi connectivity index (χ1n) is 6.97. The minimum atomic E-state index is -4.31. The molecule has 1 N–H and O–H groups in total. The Hall–Kier alpha value is -0.780. The summed E-state index contributed by atoms with van der Waals surface area (Å²) in [5.41, 5.74) is 0. The summed E-state index contributed by atoms with van der Waals surface area (Å²) in [4.78, 5) is 13.0. The van der Waals surface area contributed by atoms with Crippen LogP contribution in [0, 0.1) is 5.92 Å². The first kappa shape index (κ1) is 16.3. The fourth-order valence-electron chi connectivity index (χ4n) is 2.32. The van der Waals surface area contributed by atoms with Crippen LogP contribution in [0.2, 0.25) is 0 Å². The Kier molecular flexibility index (Phi) is 6.62. The molecule has 0 aromatic heterocycles. The summed E-state index contributed by atoms with van der Waals surface area (Å²) in [6.45, 7) is 2.71. The fraction of sp³-hybridized carbons (Fsp3) is 0.923. The Morgan fingerprint density at radius 2 is 1.95 bits per heavy atom. The smallest absolute Gasteiger partial charge is 0.334 e. The lowest BCUT2D eigenvalue weighted by Crippen LogP contribution is -2.41. The van der Waals surface area contributed by atoms with Gasteiger partial charge in [0.25, 0.3) is 0 Å². The Labute approximate surface area is 112 Å². The quantitative estimate of drug-likeness (QED) is 0.811. The summed E-state index contributed by atoms with van der Waals surface area (Å²) in [5, 5.41) is 3.18. The van der Waals surface area contributed by atoms with Crippen LogP contribution in [0.3, 0.4) is 0 Å². The summed E-state index contributed by atoms with van der Waals surface area (Å²) >= 11 is 0. The number of nitrogens with zero attached hydrogens (tertiary/aromatic N) is 1. The van der Waals surface area contributed by atoms with Crippen molar-refractivity contribution in [2.75, 3.05) is 26.2 Å². The van der Waals surface area contributed by atoms with Crippen LogP contribution in [0.1, 0.15) is 39.0 Å². The Bertz CT molecular complexity index is 276. The molecule has 0 spiro atoms. The van der Waals surface area contributed by atoms with Gasteiger partial charge in [-0.25, -0.2) is 0 Å². The average molecular weight is 280 g/mol. The van der Waals surface area contributed by atoms with Crippen molar-refractivity contribution in [1.29, 1.82) is 0 Å². The molecule has 0 aliphatic carbocycles. The zero-order valence-electron chi connectivity index (χ0n) is 11.4. The molecule has 0 bridgehead atoms. The van der Waals surface area contributed by atoms with Gasteiger partial charge in [-0.15, -0.1) is 0 Å². The van der Waals surface area contributed by atoms with E-state index in [9.17, 15) is 18.0 Å². The standard InChI is InChI=1S/C13H23F3N2O/c1-2-3-8-18(10-13(14,15)16)12(19)9-11-4-6-17-7-5-11/h11,17H,2-10H2,1H3. The second-order valence-corrected chi connectivity index (χ2v) is 5.18. The van der Waals surface area contributed by atoms with Crippen LogP contribution >= 0.6 is 0 Å². The number of hydrogen-bond acceptors (Lipinski definition) is 2. The van der Waals surface area contributed by atoms with Crippen LogP contribution in [-0.2, 0) is 4.79 Å². The maximum atomic E-state index is 12.5. The lowest BCUT2D eigenvalue weighted by atomic mass is 9.94. The molecular formula is C13H23F3N2O. The molecular weight excluding hydrogens is 257 g/mol. The number of carbonyl (C=O) groups is 1. The Balaban J connectivity index is 2.49. The average Bonchev–Trinajstić information content (AvgIpc) is 2.34. The first-order valence-corrected chi connectivity index (χ1v) is 6.97. The van der Waals surface area contributed by atoms with Gasteiger partial charge in [-0.05, 0) is 38.3 Å². The predicted octanol–water partition coefficient (Wildman–Crippen LogP) is 2.57. The minimum Gasteiger partial charge on any atom is -0.334 e. The van der Waals surface area contributed by atoms with Crippen molar-refractivity contribution in [3.8, 4) is 0 Å². The molecule has 1 heterocycles. The number of rotatable bonds is 6. The Morgan fingerprint density at radius 1 is 1.32 bits per heavy atom. The maximum absolute atomic E-state index is 12.5. The minimum absolute atomic E-state index is 0.208. The van der Waals surface area contributed by atoms with Crippen molar-refractivity contribution in [2.24, 2.45) is 5.92 Å². The number of carbonyl (C=O) groups excluding carboxylic acids is 1. The zero-order chi connectivity index (χ0) is 14.3. The molecule has 1 amide bonds. The van der Waals surface area contributed by atoms with E-state index in [1.165, 1.54) is 0 Å². The molecule has 0 radical (unpaired) electrons. The van der Waals surface area contributed by atoms with E-state index < -0.39 is 12.7 Å². The SMILES string of the molecule is CCCCN(CC(F)(F)F)C(=O)CC1CCNCC1. The molecule has 19 heavy (non-hydrogen) atoms. The molecule has 1 aliphatic rings. The first-order chi connectivity index (χ1) is 8.92. The largest absolute Gasteiger partial charge is 0.406 e. The highest BCUT2D eigenvalue weighted by Crippen LogP contribution is 2.21. The number of unbranched alkanes of at least 4 members (excludes halogenated alkanes) is 1. The third-order valence-corrected chi connectivity index (χ3v) is 3.43. The lowest BCUT2D eigenvalue weighted by molar-refractivity contribution is -0.162. The zero-order valence-corrected chi connectivity index (χ0v) is 11.4. The van der Waals surface area contributed by atoms with E-state index in [0.717, 1.165) is 37.3 Å². The highest BCUT2D eigenvalue weighted by atomic mass is 19.4. The normalized spacial score (nSPS) is 17.5. The summed E-state index contributed by atoms with van der Waals surface area (Å²) < 4.78 is 37.4. The van der Waals surface area contributed by atoms with Crippen molar-refractivity contribution < 1.29 is 18.0 Å². The van der Waals surface area contributed by atoms with Crippen LogP contribution in [0.15, 0.2) is 0 Å². The number of alkyl halides is 3. The van der Waals surface area contributed by atoms with Crippen LogP contribution in [0.25, 0.3) is 0 Å². The molecule has 6 heteroatoms. The number of piperidine rings is 1. The summed E-state index contributed by atoms with van der Waals surface area (Å²) in [5.74, 6) is -0.121. The summed E-state index contributed by atoms with van der Waals surface area (Å²) in [6, 6.07) is 0. The van der Waals surface area contributed by atoms with Gasteiger partial charge in [0.2, 0.25) is 5.91 Å². The topological polar surface area (TPSA) is 32.3 Å². The van der Waals surface area contributed by atoms with Crippen molar-refractivity contribution in [3.63, 3.8) is 0 Å². The fourth-order valence-corrected chi connectivity index (χ4v) is 2.32. The van der Waals surface area contributed by atoms with Crippen LogP contribution in [0.4, 0.5) is 13.2 Å². The number of amides is 1. The van der Waals surface area contributed by atoms with Gasteiger partial charge in [-0.2, -0.15) is 13.2 Å². The van der Waals surface area contributed by atoms with Crippen LogP contribution < -0.4 is 5.32 Å². The highest BCUT2D eigenvalue weighted by molar-refractivity contribution is 5.76. The van der Waals surface area contributed by atoms with Gasteiger partial charge in [0.1, 0.15) is 6.54 Å². The lowest BCUT2D eigenvalue weighted by Gasteiger charge is -2.28. The molecule has 0 aromatic carbocycles. The molecule has 3 nitrogen and oxygen atoms in total. The third-order valence-electron chi connectivity index (χ3n) is 3.43. The molecule has 112 valence electrons. The molecule has 0 saturated carbocycles. The van der Waals surface area contributed by atoms with Gasteiger partial charge in [-0.1, -0.05) is 13.3 Å². The summed E-state index contributed by atoms with van der Waals surface area (Å²) in [6.07, 6.45) is -0.902. The van der Waals surface area contributed by atoms with Gasteiger partial charge in [0, 0.05) is 13.0 Å². The third kappa shape index (κ3) is 6.80. The van der Waals surface area contributed by atoms with Gasteiger partial charge in [-0.3, -0.25) is 4.79 Å². The van der Waals surface area contributed by atoms with E-state index in [1.807, 2.05) is 6.92 Å². The maximum Gasteiger partial charge on any atom is 0.406 e. The number of hydrogen-bond donors (Lipinski definition) is 1. The van der Waals surface area contributed by atoms with Crippen LogP contribution in [0.5, 0.6) is 0 Å². The molecule has 0 atom stereocenters. The van der Waals surface area contributed by atoms with Crippen molar-refractivity contribution in [1.82, 2.24) is 10.2 Å². The van der Waals surface area contributed by atoms with E-state index >= 15 is 0 Å². The highest BCUT2D eigenvalue weighted by Gasteiger charge is 2.33. The summed E-state index contributed by atoms with van der Waals surface area (Å²) in [7, 11) is 0. The van der Waals surface area contributed by atoms with E-state index in [2.05, 4.69) is 5.32 Å². The van der Waals surface area contributed by atoms with Gasteiger partial charge >= 0.3 is 6.18 Å². The Morgan fingerprint density at radius 3 is 2.47 bits per heavy atom. The number of halogens is 3. The van der Waals surface area contributed by atoms with E-state index in [1.54, 1.807) is 0 Å². The predicted molar refractivity (Wildman–Crippen MR) is 67.8 cm³/mol. The molecule has 1 fully saturated rings. The molecule has 0 aromatic rings. The van der Waals surface area contributed by atoms with Crippen molar-refractivity contribution in [2.45, 2.75) is 45.2 Å². The van der Waals surface area contributed by atoms with Gasteiger partial charge < -0.3 is 10.2 Å². The van der Waals surface area contributed by atoms with E-state index in [0.29, 0.717) is 6.42 Å².